The number of pyridine rings is 1. The lowest BCUT2D eigenvalue weighted by Gasteiger charge is -2.23. The van der Waals surface area contributed by atoms with E-state index in [0.717, 1.165) is 37.2 Å². The van der Waals surface area contributed by atoms with E-state index in [1.807, 2.05) is 33.0 Å². The van der Waals surface area contributed by atoms with Gasteiger partial charge in [-0.1, -0.05) is 13.8 Å². The van der Waals surface area contributed by atoms with Crippen molar-refractivity contribution in [1.82, 2.24) is 10.3 Å². The third-order valence-electron chi connectivity index (χ3n) is 2.44. The molecular weight excluding hydrogens is 200 g/mol. The lowest BCUT2D eigenvalue weighted by atomic mass is 10.1. The summed E-state index contributed by atoms with van der Waals surface area (Å²) in [5, 5.41) is 3.32. The molecule has 0 aromatic carbocycles. The largest absolute Gasteiger partial charge is 0.489 e. The van der Waals surface area contributed by atoms with Gasteiger partial charge in [-0.15, -0.1) is 0 Å². The van der Waals surface area contributed by atoms with Gasteiger partial charge >= 0.3 is 0 Å². The van der Waals surface area contributed by atoms with Crippen molar-refractivity contribution in [2.24, 2.45) is 0 Å². The Bertz CT molecular complexity index is 296. The average molecular weight is 222 g/mol. The number of ether oxygens (including phenoxy) is 1. The Labute approximate surface area is 98.2 Å². The van der Waals surface area contributed by atoms with Crippen LogP contribution in [-0.2, 0) is 0 Å². The third-order valence-corrected chi connectivity index (χ3v) is 2.44. The molecule has 2 rings (SSSR count). The van der Waals surface area contributed by atoms with E-state index in [2.05, 4.69) is 10.3 Å². The summed E-state index contributed by atoms with van der Waals surface area (Å²) in [7, 11) is 0. The smallest absolute Gasteiger partial charge is 0.138 e. The van der Waals surface area contributed by atoms with E-state index in [9.17, 15) is 0 Å². The average Bonchev–Trinajstić information content (AvgIpc) is 2.33. The number of rotatable bonds is 2. The van der Waals surface area contributed by atoms with Gasteiger partial charge in [0, 0.05) is 6.20 Å². The van der Waals surface area contributed by atoms with Gasteiger partial charge in [0.15, 0.2) is 0 Å². The number of aromatic nitrogens is 1. The van der Waals surface area contributed by atoms with Crippen molar-refractivity contribution in [1.29, 1.82) is 0 Å². The van der Waals surface area contributed by atoms with Gasteiger partial charge in [-0.25, -0.2) is 0 Å². The first-order valence-corrected chi connectivity index (χ1v) is 6.13. The van der Waals surface area contributed by atoms with E-state index in [1.54, 1.807) is 6.20 Å². The predicted molar refractivity (Wildman–Crippen MR) is 66.8 cm³/mol. The van der Waals surface area contributed by atoms with Crippen molar-refractivity contribution in [3.8, 4) is 5.75 Å². The minimum absolute atomic E-state index is 0.361. The summed E-state index contributed by atoms with van der Waals surface area (Å²) in [4.78, 5) is 4.11. The Kier molecular flexibility index (Phi) is 5.86. The van der Waals surface area contributed by atoms with E-state index in [0.29, 0.717) is 6.10 Å². The van der Waals surface area contributed by atoms with Gasteiger partial charge in [-0.2, -0.15) is 0 Å². The van der Waals surface area contributed by atoms with Crippen molar-refractivity contribution in [2.75, 3.05) is 13.1 Å². The van der Waals surface area contributed by atoms with E-state index in [1.165, 1.54) is 0 Å². The van der Waals surface area contributed by atoms with Crippen LogP contribution in [0.25, 0.3) is 0 Å². The van der Waals surface area contributed by atoms with E-state index in [-0.39, 0.29) is 0 Å². The van der Waals surface area contributed by atoms with Gasteiger partial charge in [0.2, 0.25) is 0 Å². The highest BCUT2D eigenvalue weighted by Gasteiger charge is 2.14. The molecule has 1 aromatic rings. The SMILES string of the molecule is CC.Cc1cncc(OC2CCNCC2)c1. The maximum atomic E-state index is 5.83. The predicted octanol–water partition coefficient (Wildman–Crippen LogP) is 2.55. The Morgan fingerprint density at radius 1 is 1.25 bits per heavy atom. The zero-order valence-corrected chi connectivity index (χ0v) is 10.5. The van der Waals surface area contributed by atoms with E-state index < -0.39 is 0 Å². The minimum atomic E-state index is 0.361. The molecule has 1 aliphatic heterocycles. The van der Waals surface area contributed by atoms with Crippen molar-refractivity contribution in [2.45, 2.75) is 39.7 Å². The first kappa shape index (κ1) is 13.0. The normalized spacial score (nSPS) is 16.2. The topological polar surface area (TPSA) is 34.1 Å². The molecule has 0 bridgehead atoms. The molecule has 16 heavy (non-hydrogen) atoms. The summed E-state index contributed by atoms with van der Waals surface area (Å²) >= 11 is 0. The Morgan fingerprint density at radius 3 is 2.56 bits per heavy atom. The summed E-state index contributed by atoms with van der Waals surface area (Å²) in [5.74, 6) is 0.900. The highest BCUT2D eigenvalue weighted by Crippen LogP contribution is 2.16. The summed E-state index contributed by atoms with van der Waals surface area (Å²) in [6.07, 6.45) is 6.17. The number of nitrogens with one attached hydrogen (secondary N) is 1. The molecule has 3 nitrogen and oxygen atoms in total. The van der Waals surface area contributed by atoms with Crippen LogP contribution in [-0.4, -0.2) is 24.2 Å². The first-order chi connectivity index (χ1) is 7.84. The van der Waals surface area contributed by atoms with Crippen LogP contribution in [0, 0.1) is 6.92 Å². The number of piperidine rings is 1. The lowest BCUT2D eigenvalue weighted by molar-refractivity contribution is 0.162. The van der Waals surface area contributed by atoms with Gasteiger partial charge in [-0.3, -0.25) is 4.98 Å². The van der Waals surface area contributed by atoms with Gasteiger partial charge < -0.3 is 10.1 Å². The molecule has 3 heteroatoms. The summed E-state index contributed by atoms with van der Waals surface area (Å²) in [6, 6.07) is 2.04. The quantitative estimate of drug-likeness (QED) is 0.835. The molecule has 1 aliphatic rings. The Morgan fingerprint density at radius 2 is 1.94 bits per heavy atom. The maximum absolute atomic E-state index is 5.83. The number of nitrogens with zero attached hydrogens (tertiary/aromatic N) is 1. The summed E-state index contributed by atoms with van der Waals surface area (Å²) < 4.78 is 5.83. The van der Waals surface area contributed by atoms with Crippen LogP contribution in [0.15, 0.2) is 18.5 Å². The van der Waals surface area contributed by atoms with Crippen LogP contribution in [0.3, 0.4) is 0 Å². The molecule has 1 fully saturated rings. The Hall–Kier alpha value is -1.09. The number of aryl methyl sites for hydroxylation is 1. The van der Waals surface area contributed by atoms with E-state index >= 15 is 0 Å². The second-order valence-electron chi connectivity index (χ2n) is 3.77. The molecule has 90 valence electrons. The molecular formula is C13H22N2O. The van der Waals surface area contributed by atoms with Crippen molar-refractivity contribution < 1.29 is 4.74 Å². The molecule has 0 aliphatic carbocycles. The van der Waals surface area contributed by atoms with Crippen molar-refractivity contribution >= 4 is 0 Å². The molecule has 0 spiro atoms. The monoisotopic (exact) mass is 222 g/mol. The van der Waals surface area contributed by atoms with Gasteiger partial charge in [0.25, 0.3) is 0 Å². The molecule has 0 amide bonds. The molecule has 1 saturated heterocycles. The molecule has 0 radical (unpaired) electrons. The van der Waals surface area contributed by atoms with Gasteiger partial charge in [0.05, 0.1) is 6.20 Å². The fraction of sp³-hybridized carbons (Fsp3) is 0.615. The fourth-order valence-corrected chi connectivity index (χ4v) is 1.70. The van der Waals surface area contributed by atoms with Gasteiger partial charge in [0.1, 0.15) is 11.9 Å². The lowest BCUT2D eigenvalue weighted by Crippen LogP contribution is -2.34. The van der Waals surface area contributed by atoms with Crippen LogP contribution in [0.2, 0.25) is 0 Å². The number of hydrogen-bond acceptors (Lipinski definition) is 3. The molecule has 0 saturated carbocycles. The molecule has 0 unspecified atom stereocenters. The first-order valence-electron chi connectivity index (χ1n) is 6.13. The zero-order chi connectivity index (χ0) is 11.8. The second kappa shape index (κ2) is 7.23. The van der Waals surface area contributed by atoms with Crippen LogP contribution in [0.4, 0.5) is 0 Å². The highest BCUT2D eigenvalue weighted by molar-refractivity contribution is 5.22. The number of hydrogen-bond donors (Lipinski definition) is 1. The Balaban J connectivity index is 0.000000606. The van der Waals surface area contributed by atoms with E-state index in [4.69, 9.17) is 4.74 Å². The van der Waals surface area contributed by atoms with Crippen molar-refractivity contribution in [3.63, 3.8) is 0 Å². The maximum Gasteiger partial charge on any atom is 0.138 e. The third kappa shape index (κ3) is 4.19. The van der Waals surface area contributed by atoms with Crippen LogP contribution in [0.5, 0.6) is 5.75 Å². The van der Waals surface area contributed by atoms with Crippen LogP contribution >= 0.6 is 0 Å². The zero-order valence-electron chi connectivity index (χ0n) is 10.5. The standard InChI is InChI=1S/C11H16N2O.C2H6/c1-9-6-11(8-13-7-9)14-10-2-4-12-5-3-10;1-2/h6-8,10,12H,2-5H2,1H3;1-2H3. The minimum Gasteiger partial charge on any atom is -0.489 e. The molecule has 1 N–H and O–H groups in total. The van der Waals surface area contributed by atoms with Crippen molar-refractivity contribution in [3.05, 3.63) is 24.0 Å². The van der Waals surface area contributed by atoms with Crippen LogP contribution in [0.1, 0.15) is 32.3 Å². The van der Waals surface area contributed by atoms with Gasteiger partial charge in [-0.05, 0) is 44.5 Å². The molecule has 0 atom stereocenters. The molecule has 1 aromatic heterocycles. The highest BCUT2D eigenvalue weighted by atomic mass is 16.5. The fourth-order valence-electron chi connectivity index (χ4n) is 1.70. The summed E-state index contributed by atoms with van der Waals surface area (Å²) in [5.41, 5.74) is 1.15. The van der Waals surface area contributed by atoms with Crippen LogP contribution < -0.4 is 10.1 Å². The summed E-state index contributed by atoms with van der Waals surface area (Å²) in [6.45, 7) is 8.15. The molecule has 2 heterocycles. The second-order valence-corrected chi connectivity index (χ2v) is 3.77.